The van der Waals surface area contributed by atoms with Crippen molar-refractivity contribution in [2.45, 2.75) is 6.42 Å². The van der Waals surface area contributed by atoms with Gasteiger partial charge in [0.1, 0.15) is 0 Å². The molecule has 0 amide bonds. The van der Waals surface area contributed by atoms with E-state index in [0.717, 1.165) is 6.42 Å². The van der Waals surface area contributed by atoms with Crippen LogP contribution in [0.4, 0.5) is 0 Å². The van der Waals surface area contributed by atoms with Gasteiger partial charge in [-0.05, 0) is 19.7 Å². The fraction of sp³-hybridized carbons (Fsp3) is 0.400. The topological polar surface area (TPSA) is 38.4 Å². The molecule has 0 unspecified atom stereocenters. The maximum Gasteiger partial charge on any atom is 0.0221 e. The summed E-state index contributed by atoms with van der Waals surface area (Å²) in [5.74, 6) is 0. The summed E-state index contributed by atoms with van der Waals surface area (Å²) in [6, 6.07) is 0. The van der Waals surface area contributed by atoms with Crippen molar-refractivity contribution in [3.05, 3.63) is 12.3 Å². The Kier molecular flexibility index (Phi) is 4.89. The lowest BCUT2D eigenvalue weighted by Crippen LogP contribution is -1.94. The molecule has 0 aliphatic heterocycles. The van der Waals surface area contributed by atoms with Crippen LogP contribution in [0.25, 0.3) is 0 Å². The number of nitrogens with zero attached hydrogens (tertiary/aromatic N) is 1. The Bertz CT molecular complexity index is 66.5. The average molecular weight is 98.1 g/mol. The van der Waals surface area contributed by atoms with Crippen LogP contribution < -0.4 is 5.73 Å². The highest BCUT2D eigenvalue weighted by Crippen LogP contribution is 1.76. The Morgan fingerprint density at radius 1 is 1.71 bits per heavy atom. The van der Waals surface area contributed by atoms with Gasteiger partial charge in [-0.1, -0.05) is 6.08 Å². The summed E-state index contributed by atoms with van der Waals surface area (Å²) in [7, 11) is 0. The van der Waals surface area contributed by atoms with Gasteiger partial charge in [-0.3, -0.25) is 4.99 Å². The standard InChI is InChI=1S/C5H10N2/c1-7-5-3-2-4-6/h3,5H,1-2,4,6H2. The van der Waals surface area contributed by atoms with Crippen LogP contribution in [0, 0.1) is 0 Å². The van der Waals surface area contributed by atoms with E-state index in [2.05, 4.69) is 11.7 Å². The molecular weight excluding hydrogens is 88.1 g/mol. The van der Waals surface area contributed by atoms with Gasteiger partial charge in [0.2, 0.25) is 0 Å². The lowest BCUT2D eigenvalue weighted by molar-refractivity contribution is 1.00. The molecule has 0 saturated carbocycles. The minimum absolute atomic E-state index is 0.687. The lowest BCUT2D eigenvalue weighted by Gasteiger charge is -1.78. The zero-order valence-corrected chi connectivity index (χ0v) is 4.30. The van der Waals surface area contributed by atoms with E-state index in [0.29, 0.717) is 6.54 Å². The van der Waals surface area contributed by atoms with Crippen LogP contribution in [0.2, 0.25) is 0 Å². The predicted octanol–water partition coefficient (Wildman–Crippen LogP) is 0.550. The monoisotopic (exact) mass is 98.1 g/mol. The Morgan fingerprint density at radius 3 is 2.86 bits per heavy atom. The zero-order valence-electron chi connectivity index (χ0n) is 4.30. The Labute approximate surface area is 43.7 Å². The third kappa shape index (κ3) is 5.37. The summed E-state index contributed by atoms with van der Waals surface area (Å²) in [6.07, 6.45) is 4.42. The zero-order chi connectivity index (χ0) is 5.54. The van der Waals surface area contributed by atoms with E-state index in [1.54, 1.807) is 6.20 Å². The van der Waals surface area contributed by atoms with E-state index in [-0.39, 0.29) is 0 Å². The molecule has 0 aliphatic carbocycles. The van der Waals surface area contributed by atoms with Crippen LogP contribution in [-0.4, -0.2) is 13.3 Å². The van der Waals surface area contributed by atoms with E-state index in [9.17, 15) is 0 Å². The largest absolute Gasteiger partial charge is 0.330 e. The molecule has 2 nitrogen and oxygen atoms in total. The van der Waals surface area contributed by atoms with Crippen molar-refractivity contribution >= 4 is 6.72 Å². The normalized spacial score (nSPS) is 9.86. The molecule has 40 valence electrons. The highest BCUT2D eigenvalue weighted by molar-refractivity contribution is 5.25. The molecule has 0 aromatic heterocycles. The summed E-state index contributed by atoms with van der Waals surface area (Å²) in [6.45, 7) is 3.94. The average Bonchev–Trinajstić information content (AvgIpc) is 1.69. The van der Waals surface area contributed by atoms with Crippen LogP contribution in [0.1, 0.15) is 6.42 Å². The molecule has 0 aliphatic rings. The van der Waals surface area contributed by atoms with Gasteiger partial charge in [-0.25, -0.2) is 0 Å². The van der Waals surface area contributed by atoms with Gasteiger partial charge >= 0.3 is 0 Å². The van der Waals surface area contributed by atoms with E-state index >= 15 is 0 Å². The first kappa shape index (κ1) is 6.37. The number of hydrogen-bond acceptors (Lipinski definition) is 2. The van der Waals surface area contributed by atoms with Crippen molar-refractivity contribution in [2.24, 2.45) is 10.7 Å². The van der Waals surface area contributed by atoms with Crippen molar-refractivity contribution < 1.29 is 0 Å². The second-order valence-electron chi connectivity index (χ2n) is 1.14. The van der Waals surface area contributed by atoms with E-state index in [1.165, 1.54) is 0 Å². The Hall–Kier alpha value is -0.630. The third-order valence-corrected chi connectivity index (χ3v) is 0.544. The van der Waals surface area contributed by atoms with Gasteiger partial charge in [0.05, 0.1) is 0 Å². The number of aliphatic imine (C=N–C) groups is 1. The first-order valence-corrected chi connectivity index (χ1v) is 2.22. The quantitative estimate of drug-likeness (QED) is 0.514. The molecule has 0 rings (SSSR count). The fourth-order valence-electron chi connectivity index (χ4n) is 0.245. The van der Waals surface area contributed by atoms with E-state index in [1.807, 2.05) is 6.08 Å². The molecular formula is C5H10N2. The first-order valence-electron chi connectivity index (χ1n) is 2.22. The summed E-state index contributed by atoms with van der Waals surface area (Å²) in [4.78, 5) is 3.49. The van der Waals surface area contributed by atoms with Gasteiger partial charge in [-0.2, -0.15) is 0 Å². The molecule has 7 heavy (non-hydrogen) atoms. The maximum absolute atomic E-state index is 5.16. The van der Waals surface area contributed by atoms with Crippen LogP contribution in [0.5, 0.6) is 0 Å². The van der Waals surface area contributed by atoms with Crippen LogP contribution in [0.15, 0.2) is 17.3 Å². The fourth-order valence-corrected chi connectivity index (χ4v) is 0.245. The minimum Gasteiger partial charge on any atom is -0.330 e. The van der Waals surface area contributed by atoms with Crippen molar-refractivity contribution in [1.82, 2.24) is 0 Å². The lowest BCUT2D eigenvalue weighted by atomic mass is 10.4. The third-order valence-electron chi connectivity index (χ3n) is 0.544. The predicted molar refractivity (Wildman–Crippen MR) is 32.4 cm³/mol. The van der Waals surface area contributed by atoms with Crippen molar-refractivity contribution in [1.29, 1.82) is 0 Å². The van der Waals surface area contributed by atoms with Crippen LogP contribution >= 0.6 is 0 Å². The molecule has 0 heterocycles. The molecule has 2 N–H and O–H groups in total. The molecule has 0 fully saturated rings. The molecule has 0 aromatic rings. The van der Waals surface area contributed by atoms with E-state index in [4.69, 9.17) is 5.73 Å². The second kappa shape index (κ2) is 5.37. The number of hydrogen-bond donors (Lipinski definition) is 1. The summed E-state index contributed by atoms with van der Waals surface area (Å²) >= 11 is 0. The molecule has 0 spiro atoms. The second-order valence-corrected chi connectivity index (χ2v) is 1.14. The number of rotatable bonds is 3. The Morgan fingerprint density at radius 2 is 2.43 bits per heavy atom. The van der Waals surface area contributed by atoms with Crippen molar-refractivity contribution in [2.75, 3.05) is 6.54 Å². The van der Waals surface area contributed by atoms with Crippen LogP contribution in [-0.2, 0) is 0 Å². The molecule has 0 aromatic carbocycles. The van der Waals surface area contributed by atoms with Gasteiger partial charge < -0.3 is 5.73 Å². The molecule has 0 atom stereocenters. The highest BCUT2D eigenvalue weighted by atomic mass is 14.6. The van der Waals surface area contributed by atoms with Gasteiger partial charge in [0.25, 0.3) is 0 Å². The summed E-state index contributed by atoms with van der Waals surface area (Å²) in [5, 5.41) is 0. The number of nitrogens with two attached hydrogens (primary N) is 1. The maximum atomic E-state index is 5.16. The Balaban J connectivity index is 2.92. The molecule has 0 saturated heterocycles. The molecule has 0 bridgehead atoms. The first-order chi connectivity index (χ1) is 3.41. The van der Waals surface area contributed by atoms with Gasteiger partial charge in [-0.15, -0.1) is 0 Å². The minimum atomic E-state index is 0.687. The van der Waals surface area contributed by atoms with Gasteiger partial charge in [0.15, 0.2) is 0 Å². The molecule has 0 radical (unpaired) electrons. The SMILES string of the molecule is C=NC=CCCN. The van der Waals surface area contributed by atoms with E-state index < -0.39 is 0 Å². The smallest absolute Gasteiger partial charge is 0.0221 e. The van der Waals surface area contributed by atoms with Crippen molar-refractivity contribution in [3.63, 3.8) is 0 Å². The summed E-state index contributed by atoms with van der Waals surface area (Å²) < 4.78 is 0. The van der Waals surface area contributed by atoms with Crippen LogP contribution in [0.3, 0.4) is 0 Å². The highest BCUT2D eigenvalue weighted by Gasteiger charge is 1.66. The summed E-state index contributed by atoms with van der Waals surface area (Å²) in [5.41, 5.74) is 5.16. The van der Waals surface area contributed by atoms with Gasteiger partial charge in [0, 0.05) is 6.20 Å². The van der Waals surface area contributed by atoms with Crippen molar-refractivity contribution in [3.8, 4) is 0 Å². The molecule has 2 heteroatoms.